The number of thiazole rings is 1. The highest BCUT2D eigenvalue weighted by atomic mass is 32.1. The van der Waals surface area contributed by atoms with Crippen molar-refractivity contribution >= 4 is 17.1 Å². The van der Waals surface area contributed by atoms with Gasteiger partial charge in [0.1, 0.15) is 0 Å². The molecule has 1 aromatic heterocycles. The summed E-state index contributed by atoms with van der Waals surface area (Å²) in [5.74, 6) is 0.107. The summed E-state index contributed by atoms with van der Waals surface area (Å²) in [6, 6.07) is 7.79. The van der Waals surface area contributed by atoms with Crippen LogP contribution in [-0.4, -0.2) is 10.8 Å². The highest BCUT2D eigenvalue weighted by Gasteiger charge is 2.17. The molecule has 0 amide bonds. The average Bonchev–Trinajstić information content (AvgIpc) is 2.78. The first kappa shape index (κ1) is 13.9. The third kappa shape index (κ3) is 3.51. The van der Waals surface area contributed by atoms with Crippen LogP contribution in [0.5, 0.6) is 0 Å². The molecule has 0 fully saturated rings. The number of carbonyl (C=O) groups excluding carboxylic acids is 1. The number of aromatic nitrogens is 1. The van der Waals surface area contributed by atoms with E-state index in [-0.39, 0.29) is 11.2 Å². The Labute approximate surface area is 118 Å². The molecule has 100 valence electrons. The van der Waals surface area contributed by atoms with Gasteiger partial charge < -0.3 is 0 Å². The summed E-state index contributed by atoms with van der Waals surface area (Å²) >= 11 is 1.70. The zero-order chi connectivity index (χ0) is 14.0. The molecular formula is C16H19NOS. The van der Waals surface area contributed by atoms with Gasteiger partial charge in [0.25, 0.3) is 0 Å². The van der Waals surface area contributed by atoms with Crippen molar-refractivity contribution in [3.63, 3.8) is 0 Å². The van der Waals surface area contributed by atoms with E-state index in [9.17, 15) is 4.79 Å². The Morgan fingerprint density at radius 2 is 1.84 bits per heavy atom. The molecule has 2 nitrogen and oxygen atoms in total. The topological polar surface area (TPSA) is 30.0 Å². The zero-order valence-corrected chi connectivity index (χ0v) is 12.7. The number of hydrogen-bond donors (Lipinski definition) is 0. The Kier molecular flexibility index (Phi) is 3.85. The van der Waals surface area contributed by atoms with Crippen LogP contribution in [0.25, 0.3) is 0 Å². The normalized spacial score (nSPS) is 11.6. The summed E-state index contributed by atoms with van der Waals surface area (Å²) < 4.78 is 0. The van der Waals surface area contributed by atoms with Crippen molar-refractivity contribution < 1.29 is 4.79 Å². The smallest absolute Gasteiger partial charge is 0.159 e. The van der Waals surface area contributed by atoms with Gasteiger partial charge in [0.2, 0.25) is 0 Å². The van der Waals surface area contributed by atoms with Gasteiger partial charge in [-0.1, -0.05) is 45.0 Å². The lowest BCUT2D eigenvalue weighted by Crippen LogP contribution is -2.11. The molecule has 0 bridgehead atoms. The standard InChI is InChI=1S/C16H19NOS/c1-11(18)13-7-5-12(6-8-13)9-15-17-14(10-19-15)16(2,3)4/h5-8,10H,9H2,1-4H3. The van der Waals surface area contributed by atoms with Crippen LogP contribution in [0.3, 0.4) is 0 Å². The van der Waals surface area contributed by atoms with Crippen LogP contribution >= 0.6 is 11.3 Å². The van der Waals surface area contributed by atoms with E-state index in [1.807, 2.05) is 24.3 Å². The Morgan fingerprint density at radius 3 is 2.32 bits per heavy atom. The molecule has 0 unspecified atom stereocenters. The summed E-state index contributed by atoms with van der Waals surface area (Å²) in [5, 5.41) is 3.26. The van der Waals surface area contributed by atoms with Crippen LogP contribution < -0.4 is 0 Å². The summed E-state index contributed by atoms with van der Waals surface area (Å²) in [4.78, 5) is 15.9. The lowest BCUT2D eigenvalue weighted by Gasteiger charge is -2.14. The van der Waals surface area contributed by atoms with E-state index in [4.69, 9.17) is 0 Å². The molecule has 0 saturated heterocycles. The first-order chi connectivity index (χ1) is 8.86. The number of Topliss-reactive ketones (excluding diaryl/α,β-unsaturated/α-hetero) is 1. The highest BCUT2D eigenvalue weighted by molar-refractivity contribution is 7.09. The van der Waals surface area contributed by atoms with Gasteiger partial charge in [0, 0.05) is 22.8 Å². The van der Waals surface area contributed by atoms with E-state index in [1.165, 1.54) is 5.56 Å². The van der Waals surface area contributed by atoms with Crippen LogP contribution in [0.2, 0.25) is 0 Å². The van der Waals surface area contributed by atoms with Crippen molar-refractivity contribution in [2.75, 3.05) is 0 Å². The SMILES string of the molecule is CC(=O)c1ccc(Cc2nc(C(C)(C)C)cs2)cc1. The van der Waals surface area contributed by atoms with Gasteiger partial charge in [0.15, 0.2) is 5.78 Å². The van der Waals surface area contributed by atoms with Crippen LogP contribution in [0.4, 0.5) is 0 Å². The average molecular weight is 273 g/mol. The quantitative estimate of drug-likeness (QED) is 0.783. The number of carbonyl (C=O) groups is 1. The Bertz CT molecular complexity index is 576. The van der Waals surface area contributed by atoms with E-state index in [0.717, 1.165) is 22.7 Å². The van der Waals surface area contributed by atoms with Gasteiger partial charge in [-0.25, -0.2) is 4.98 Å². The van der Waals surface area contributed by atoms with Crippen molar-refractivity contribution in [1.82, 2.24) is 4.98 Å². The van der Waals surface area contributed by atoms with Crippen molar-refractivity contribution in [3.05, 3.63) is 51.5 Å². The van der Waals surface area contributed by atoms with E-state index in [2.05, 4.69) is 31.1 Å². The van der Waals surface area contributed by atoms with Gasteiger partial charge in [-0.05, 0) is 12.5 Å². The molecule has 0 atom stereocenters. The maximum atomic E-state index is 11.2. The van der Waals surface area contributed by atoms with E-state index >= 15 is 0 Å². The monoisotopic (exact) mass is 273 g/mol. The first-order valence-electron chi connectivity index (χ1n) is 6.41. The summed E-state index contributed by atoms with van der Waals surface area (Å²) in [7, 11) is 0. The largest absolute Gasteiger partial charge is 0.295 e. The Hall–Kier alpha value is -1.48. The minimum Gasteiger partial charge on any atom is -0.295 e. The fourth-order valence-corrected chi connectivity index (χ4v) is 2.82. The van der Waals surface area contributed by atoms with Crippen molar-refractivity contribution in [2.24, 2.45) is 0 Å². The summed E-state index contributed by atoms with van der Waals surface area (Å²) in [5.41, 5.74) is 3.21. The molecule has 0 spiro atoms. The molecule has 0 aliphatic carbocycles. The number of ketones is 1. The van der Waals surface area contributed by atoms with E-state index in [0.29, 0.717) is 0 Å². The maximum absolute atomic E-state index is 11.2. The molecule has 0 radical (unpaired) electrons. The van der Waals surface area contributed by atoms with Gasteiger partial charge >= 0.3 is 0 Å². The predicted molar refractivity (Wildman–Crippen MR) is 80.1 cm³/mol. The van der Waals surface area contributed by atoms with Crippen molar-refractivity contribution in [2.45, 2.75) is 39.5 Å². The lowest BCUT2D eigenvalue weighted by atomic mass is 9.93. The summed E-state index contributed by atoms with van der Waals surface area (Å²) in [6.07, 6.45) is 0.832. The van der Waals surface area contributed by atoms with Gasteiger partial charge in [-0.3, -0.25) is 4.79 Å². The third-order valence-corrected chi connectivity index (χ3v) is 3.88. The van der Waals surface area contributed by atoms with Crippen LogP contribution in [0.15, 0.2) is 29.6 Å². The highest BCUT2D eigenvalue weighted by Crippen LogP contribution is 2.25. The second kappa shape index (κ2) is 5.25. The molecule has 0 aliphatic heterocycles. The molecule has 1 aromatic carbocycles. The minimum absolute atomic E-state index is 0.104. The Balaban J connectivity index is 2.13. The van der Waals surface area contributed by atoms with Crippen LogP contribution in [0.1, 0.15) is 54.3 Å². The zero-order valence-electron chi connectivity index (χ0n) is 11.9. The second-order valence-corrected chi connectivity index (χ2v) is 6.75. The third-order valence-electron chi connectivity index (χ3n) is 3.04. The Morgan fingerprint density at radius 1 is 1.21 bits per heavy atom. The predicted octanol–water partition coefficient (Wildman–Crippen LogP) is 4.23. The van der Waals surface area contributed by atoms with Crippen LogP contribution in [0, 0.1) is 0 Å². The molecule has 0 saturated carbocycles. The fourth-order valence-electron chi connectivity index (χ4n) is 1.77. The minimum atomic E-state index is 0.104. The number of nitrogens with zero attached hydrogens (tertiary/aromatic N) is 1. The second-order valence-electron chi connectivity index (χ2n) is 5.81. The van der Waals surface area contributed by atoms with E-state index < -0.39 is 0 Å². The van der Waals surface area contributed by atoms with Gasteiger partial charge in [0.05, 0.1) is 10.7 Å². The molecule has 1 heterocycles. The molecule has 0 N–H and O–H groups in total. The number of rotatable bonds is 3. The fraction of sp³-hybridized carbons (Fsp3) is 0.375. The van der Waals surface area contributed by atoms with Crippen LogP contribution in [-0.2, 0) is 11.8 Å². The molecule has 3 heteroatoms. The molecule has 2 aromatic rings. The molecular weight excluding hydrogens is 254 g/mol. The number of hydrogen-bond acceptors (Lipinski definition) is 3. The van der Waals surface area contributed by atoms with Crippen molar-refractivity contribution in [1.29, 1.82) is 0 Å². The molecule has 2 rings (SSSR count). The molecule has 19 heavy (non-hydrogen) atoms. The number of benzene rings is 1. The first-order valence-corrected chi connectivity index (χ1v) is 7.29. The van der Waals surface area contributed by atoms with Gasteiger partial charge in [-0.2, -0.15) is 0 Å². The van der Waals surface area contributed by atoms with E-state index in [1.54, 1.807) is 18.3 Å². The van der Waals surface area contributed by atoms with Crippen molar-refractivity contribution in [3.8, 4) is 0 Å². The van der Waals surface area contributed by atoms with Gasteiger partial charge in [-0.15, -0.1) is 11.3 Å². The molecule has 0 aliphatic rings. The lowest BCUT2D eigenvalue weighted by molar-refractivity contribution is 0.101. The summed E-state index contributed by atoms with van der Waals surface area (Å²) in [6.45, 7) is 8.11. The maximum Gasteiger partial charge on any atom is 0.159 e.